The first-order valence-electron chi connectivity index (χ1n) is 7.67. The van der Waals surface area contributed by atoms with E-state index in [1.807, 2.05) is 20.8 Å². The number of esters is 1. The van der Waals surface area contributed by atoms with E-state index < -0.39 is 5.60 Å². The molecule has 0 unspecified atom stereocenters. The first-order chi connectivity index (χ1) is 9.89. The van der Waals surface area contributed by atoms with Gasteiger partial charge in [-0.15, -0.1) is 0 Å². The minimum atomic E-state index is -0.453. The van der Waals surface area contributed by atoms with Gasteiger partial charge in [0.1, 0.15) is 11.6 Å². The van der Waals surface area contributed by atoms with Crippen LogP contribution in [0.3, 0.4) is 0 Å². The molecule has 2 heterocycles. The molecule has 1 aromatic rings. The normalized spacial score (nSPS) is 19.9. The van der Waals surface area contributed by atoms with E-state index in [1.54, 1.807) is 0 Å². The summed E-state index contributed by atoms with van der Waals surface area (Å²) >= 11 is 0. The SMILES string of the molecule is CCCc1nc(CN2CCC[C@@H]2C(=O)OC(C)(C)C)no1. The molecule has 1 atom stereocenters. The number of hydrogen-bond donors (Lipinski definition) is 0. The lowest BCUT2D eigenvalue weighted by molar-refractivity contribution is -0.160. The van der Waals surface area contributed by atoms with Crippen molar-refractivity contribution in [2.45, 2.75) is 71.6 Å². The van der Waals surface area contributed by atoms with Crippen LogP contribution in [0.25, 0.3) is 0 Å². The Bertz CT molecular complexity index is 479. The van der Waals surface area contributed by atoms with Gasteiger partial charge in [0.15, 0.2) is 5.82 Å². The zero-order valence-corrected chi connectivity index (χ0v) is 13.4. The largest absolute Gasteiger partial charge is 0.459 e. The fourth-order valence-electron chi connectivity index (χ4n) is 2.50. The lowest BCUT2D eigenvalue weighted by Gasteiger charge is -2.26. The third kappa shape index (κ3) is 4.52. The van der Waals surface area contributed by atoms with Crippen LogP contribution in [-0.2, 0) is 22.5 Å². The number of nitrogens with zero attached hydrogens (tertiary/aromatic N) is 3. The topological polar surface area (TPSA) is 68.5 Å². The van der Waals surface area contributed by atoms with Gasteiger partial charge in [-0.2, -0.15) is 4.98 Å². The Morgan fingerprint density at radius 3 is 2.90 bits per heavy atom. The number of aryl methyl sites for hydroxylation is 1. The number of likely N-dealkylation sites (tertiary alicyclic amines) is 1. The summed E-state index contributed by atoms with van der Waals surface area (Å²) in [6, 6.07) is -0.197. The Hall–Kier alpha value is -1.43. The van der Waals surface area contributed by atoms with E-state index in [0.29, 0.717) is 18.3 Å². The first-order valence-corrected chi connectivity index (χ1v) is 7.67. The summed E-state index contributed by atoms with van der Waals surface area (Å²) in [5, 5.41) is 3.99. The average Bonchev–Trinajstić information content (AvgIpc) is 2.97. The van der Waals surface area contributed by atoms with Gasteiger partial charge < -0.3 is 9.26 Å². The summed E-state index contributed by atoms with van der Waals surface area (Å²) in [5.74, 6) is 1.16. The van der Waals surface area contributed by atoms with Gasteiger partial charge in [0, 0.05) is 6.42 Å². The molecule has 1 aliphatic heterocycles. The maximum Gasteiger partial charge on any atom is 0.323 e. The molecule has 0 N–H and O–H groups in total. The molecule has 118 valence electrons. The highest BCUT2D eigenvalue weighted by Gasteiger charge is 2.34. The van der Waals surface area contributed by atoms with Crippen LogP contribution in [0.2, 0.25) is 0 Å². The number of carbonyl (C=O) groups is 1. The molecule has 6 nitrogen and oxygen atoms in total. The summed E-state index contributed by atoms with van der Waals surface area (Å²) < 4.78 is 10.7. The number of hydrogen-bond acceptors (Lipinski definition) is 6. The fraction of sp³-hybridized carbons (Fsp3) is 0.800. The highest BCUT2D eigenvalue weighted by atomic mass is 16.6. The van der Waals surface area contributed by atoms with E-state index in [1.165, 1.54) is 0 Å². The summed E-state index contributed by atoms with van der Waals surface area (Å²) in [4.78, 5) is 18.7. The van der Waals surface area contributed by atoms with Gasteiger partial charge >= 0.3 is 5.97 Å². The van der Waals surface area contributed by atoms with E-state index >= 15 is 0 Å². The summed E-state index contributed by atoms with van der Waals surface area (Å²) in [6.45, 7) is 9.14. The molecule has 0 spiro atoms. The first kappa shape index (κ1) is 15.9. The van der Waals surface area contributed by atoms with E-state index in [0.717, 1.165) is 32.2 Å². The van der Waals surface area contributed by atoms with Gasteiger partial charge in [0.05, 0.1) is 6.54 Å². The molecular weight excluding hydrogens is 270 g/mol. The lowest BCUT2D eigenvalue weighted by atomic mass is 10.1. The molecule has 21 heavy (non-hydrogen) atoms. The number of carbonyl (C=O) groups excluding carboxylic acids is 1. The van der Waals surface area contributed by atoms with Gasteiger partial charge in [-0.1, -0.05) is 12.1 Å². The maximum atomic E-state index is 12.2. The molecule has 1 aliphatic rings. The van der Waals surface area contributed by atoms with E-state index in [9.17, 15) is 4.79 Å². The zero-order valence-electron chi connectivity index (χ0n) is 13.4. The molecule has 0 amide bonds. The maximum absolute atomic E-state index is 12.2. The van der Waals surface area contributed by atoms with Crippen LogP contribution < -0.4 is 0 Å². The van der Waals surface area contributed by atoms with Gasteiger partial charge in [-0.05, 0) is 46.6 Å². The van der Waals surface area contributed by atoms with Crippen molar-refractivity contribution in [1.82, 2.24) is 15.0 Å². The Morgan fingerprint density at radius 1 is 1.48 bits per heavy atom. The average molecular weight is 295 g/mol. The summed E-state index contributed by atoms with van der Waals surface area (Å²) in [6.07, 6.45) is 3.59. The van der Waals surface area contributed by atoms with Crippen LogP contribution in [0.15, 0.2) is 4.52 Å². The minimum Gasteiger partial charge on any atom is -0.459 e. The highest BCUT2D eigenvalue weighted by molar-refractivity contribution is 5.76. The van der Waals surface area contributed by atoms with Crippen molar-refractivity contribution in [3.8, 4) is 0 Å². The molecule has 2 rings (SSSR count). The Morgan fingerprint density at radius 2 is 2.24 bits per heavy atom. The molecule has 0 aliphatic carbocycles. The molecular formula is C15H25N3O3. The summed E-state index contributed by atoms with van der Waals surface area (Å²) in [7, 11) is 0. The Kier molecular flexibility index (Phi) is 4.98. The fourth-order valence-corrected chi connectivity index (χ4v) is 2.50. The second kappa shape index (κ2) is 6.56. The van der Waals surface area contributed by atoms with Crippen molar-refractivity contribution in [1.29, 1.82) is 0 Å². The van der Waals surface area contributed by atoms with Crippen molar-refractivity contribution in [2.75, 3.05) is 6.54 Å². The van der Waals surface area contributed by atoms with Crippen LogP contribution >= 0.6 is 0 Å². The molecule has 0 aromatic carbocycles. The third-order valence-electron chi connectivity index (χ3n) is 3.36. The third-order valence-corrected chi connectivity index (χ3v) is 3.36. The standard InChI is InChI=1S/C15H25N3O3/c1-5-7-13-16-12(17-21-13)10-18-9-6-8-11(18)14(19)20-15(2,3)4/h11H,5-10H2,1-4H3/t11-/m1/s1. The van der Waals surface area contributed by atoms with Crippen molar-refractivity contribution >= 4 is 5.97 Å². The predicted octanol–water partition coefficient (Wildman–Crippen LogP) is 2.33. The molecule has 6 heteroatoms. The number of rotatable bonds is 5. The smallest absolute Gasteiger partial charge is 0.323 e. The van der Waals surface area contributed by atoms with E-state index in [2.05, 4.69) is 22.0 Å². The van der Waals surface area contributed by atoms with Crippen LogP contribution in [0.5, 0.6) is 0 Å². The molecule has 0 saturated carbocycles. The van der Waals surface area contributed by atoms with Crippen LogP contribution in [0, 0.1) is 0 Å². The minimum absolute atomic E-state index is 0.155. The van der Waals surface area contributed by atoms with E-state index in [4.69, 9.17) is 9.26 Å². The highest BCUT2D eigenvalue weighted by Crippen LogP contribution is 2.22. The molecule has 0 radical (unpaired) electrons. The number of ether oxygens (including phenoxy) is 1. The van der Waals surface area contributed by atoms with Gasteiger partial charge in [-0.25, -0.2) is 0 Å². The zero-order chi connectivity index (χ0) is 15.5. The van der Waals surface area contributed by atoms with E-state index in [-0.39, 0.29) is 12.0 Å². The van der Waals surface area contributed by atoms with Crippen molar-refractivity contribution in [2.24, 2.45) is 0 Å². The molecule has 1 fully saturated rings. The van der Waals surface area contributed by atoms with Gasteiger partial charge in [0.2, 0.25) is 5.89 Å². The lowest BCUT2D eigenvalue weighted by Crippen LogP contribution is -2.40. The predicted molar refractivity (Wildman–Crippen MR) is 77.6 cm³/mol. The molecule has 1 aromatic heterocycles. The molecule has 1 saturated heterocycles. The Balaban J connectivity index is 1.96. The second-order valence-electron chi connectivity index (χ2n) is 6.52. The summed E-state index contributed by atoms with van der Waals surface area (Å²) in [5.41, 5.74) is -0.453. The molecule has 0 bridgehead atoms. The van der Waals surface area contributed by atoms with Crippen molar-refractivity contribution < 1.29 is 14.1 Å². The monoisotopic (exact) mass is 295 g/mol. The van der Waals surface area contributed by atoms with Crippen LogP contribution in [-0.4, -0.2) is 39.2 Å². The Labute approximate surface area is 125 Å². The second-order valence-corrected chi connectivity index (χ2v) is 6.52. The van der Waals surface area contributed by atoms with Crippen LogP contribution in [0.1, 0.15) is 58.7 Å². The van der Waals surface area contributed by atoms with Crippen LogP contribution in [0.4, 0.5) is 0 Å². The van der Waals surface area contributed by atoms with Gasteiger partial charge in [-0.3, -0.25) is 9.69 Å². The number of aromatic nitrogens is 2. The van der Waals surface area contributed by atoms with Gasteiger partial charge in [0.25, 0.3) is 0 Å². The quantitative estimate of drug-likeness (QED) is 0.777. The van der Waals surface area contributed by atoms with Crippen molar-refractivity contribution in [3.05, 3.63) is 11.7 Å². The van der Waals surface area contributed by atoms with Crippen molar-refractivity contribution in [3.63, 3.8) is 0 Å².